The summed E-state index contributed by atoms with van der Waals surface area (Å²) in [5.41, 5.74) is 1.68. The Labute approximate surface area is 222 Å². The molecule has 190 valence electrons. The highest BCUT2D eigenvalue weighted by Gasteiger charge is 2.31. The van der Waals surface area contributed by atoms with E-state index in [-0.39, 0.29) is 31.0 Å². The van der Waals surface area contributed by atoms with E-state index in [2.05, 4.69) is 5.32 Å². The van der Waals surface area contributed by atoms with Crippen molar-refractivity contribution in [3.63, 3.8) is 0 Å². The van der Waals surface area contributed by atoms with E-state index in [4.69, 9.17) is 32.7 Å². The average molecular weight is 529 g/mol. The summed E-state index contributed by atoms with van der Waals surface area (Å²) < 4.78 is 10.9. The molecule has 1 unspecified atom stereocenters. The van der Waals surface area contributed by atoms with Gasteiger partial charge in [-0.05, 0) is 61.4 Å². The van der Waals surface area contributed by atoms with Crippen LogP contribution in [0.25, 0.3) is 0 Å². The van der Waals surface area contributed by atoms with Gasteiger partial charge in [0, 0.05) is 19.0 Å². The van der Waals surface area contributed by atoms with E-state index in [1.165, 1.54) is 4.90 Å². The smallest absolute Gasteiger partial charge is 0.261 e. The molecule has 0 aliphatic rings. The van der Waals surface area contributed by atoms with Crippen LogP contribution in [-0.4, -0.2) is 42.5 Å². The summed E-state index contributed by atoms with van der Waals surface area (Å²) in [5.74, 6) is 0.622. The third-order valence-electron chi connectivity index (χ3n) is 5.46. The number of nitrogens with one attached hydrogen (secondary N) is 1. The third-order valence-corrected chi connectivity index (χ3v) is 6.20. The zero-order chi connectivity index (χ0) is 26.1. The molecule has 0 heterocycles. The number of benzene rings is 3. The van der Waals surface area contributed by atoms with Crippen molar-refractivity contribution in [2.24, 2.45) is 0 Å². The third kappa shape index (κ3) is 7.90. The molecule has 0 radical (unpaired) electrons. The van der Waals surface area contributed by atoms with Gasteiger partial charge in [-0.15, -0.1) is 0 Å². The predicted molar refractivity (Wildman–Crippen MR) is 143 cm³/mol. The molecule has 2 amide bonds. The van der Waals surface area contributed by atoms with Crippen molar-refractivity contribution in [1.29, 1.82) is 0 Å². The summed E-state index contributed by atoms with van der Waals surface area (Å²) in [4.78, 5) is 28.4. The first-order valence-electron chi connectivity index (χ1n) is 11.6. The zero-order valence-electron chi connectivity index (χ0n) is 20.5. The van der Waals surface area contributed by atoms with Gasteiger partial charge in [-0.25, -0.2) is 0 Å². The van der Waals surface area contributed by atoms with Crippen molar-refractivity contribution in [2.75, 3.05) is 13.7 Å². The maximum atomic E-state index is 13.6. The Morgan fingerprint density at radius 3 is 2.17 bits per heavy atom. The van der Waals surface area contributed by atoms with Crippen molar-refractivity contribution < 1.29 is 19.1 Å². The van der Waals surface area contributed by atoms with Gasteiger partial charge in [0.05, 0.1) is 17.2 Å². The predicted octanol–water partition coefficient (Wildman–Crippen LogP) is 5.55. The highest BCUT2D eigenvalue weighted by molar-refractivity contribution is 6.42. The number of carbonyl (C=O) groups excluding carboxylic acids is 2. The van der Waals surface area contributed by atoms with E-state index in [9.17, 15) is 9.59 Å². The number of halogens is 2. The minimum atomic E-state index is -0.767. The van der Waals surface area contributed by atoms with Gasteiger partial charge in [-0.2, -0.15) is 0 Å². The van der Waals surface area contributed by atoms with Gasteiger partial charge < -0.3 is 19.7 Å². The van der Waals surface area contributed by atoms with Crippen molar-refractivity contribution in [3.8, 4) is 11.5 Å². The van der Waals surface area contributed by atoms with Gasteiger partial charge in [0.15, 0.2) is 6.61 Å². The average Bonchev–Trinajstić information content (AvgIpc) is 2.87. The highest BCUT2D eigenvalue weighted by atomic mass is 35.5. The van der Waals surface area contributed by atoms with Crippen LogP contribution >= 0.6 is 23.2 Å². The minimum Gasteiger partial charge on any atom is -0.497 e. The number of rotatable bonds is 11. The molecular weight excluding hydrogens is 499 g/mol. The van der Waals surface area contributed by atoms with Crippen LogP contribution in [0.5, 0.6) is 11.5 Å². The second-order valence-corrected chi connectivity index (χ2v) is 9.42. The summed E-state index contributed by atoms with van der Waals surface area (Å²) in [7, 11) is 1.58. The normalized spacial score (nSPS) is 11.6. The lowest BCUT2D eigenvalue weighted by atomic mass is 10.0. The molecule has 0 bridgehead atoms. The van der Waals surface area contributed by atoms with Crippen LogP contribution in [0.2, 0.25) is 10.0 Å². The van der Waals surface area contributed by atoms with Gasteiger partial charge >= 0.3 is 0 Å². The number of ether oxygens (including phenoxy) is 2. The van der Waals surface area contributed by atoms with E-state index in [1.54, 1.807) is 49.6 Å². The highest BCUT2D eigenvalue weighted by Crippen LogP contribution is 2.25. The first kappa shape index (κ1) is 27.4. The Bertz CT molecular complexity index is 1150. The maximum absolute atomic E-state index is 13.6. The fraction of sp³-hybridized carbons (Fsp3) is 0.286. The molecule has 1 N–H and O–H groups in total. The van der Waals surface area contributed by atoms with E-state index in [0.29, 0.717) is 28.0 Å². The Morgan fingerprint density at radius 2 is 1.56 bits per heavy atom. The molecule has 3 rings (SSSR count). The molecule has 0 spiro atoms. The van der Waals surface area contributed by atoms with Crippen molar-refractivity contribution in [3.05, 3.63) is 94.0 Å². The van der Waals surface area contributed by atoms with Crippen molar-refractivity contribution >= 4 is 35.0 Å². The minimum absolute atomic E-state index is 0.0896. The molecule has 8 heteroatoms. The SMILES string of the molecule is COc1ccc(OCC(=O)N(Cc2ccc(Cl)c(Cl)c2)C(Cc2ccccc2)C(=O)NC(C)C)cc1. The second kappa shape index (κ2) is 13.2. The van der Waals surface area contributed by atoms with Gasteiger partial charge in [0.25, 0.3) is 5.91 Å². The number of carbonyl (C=O) groups is 2. The maximum Gasteiger partial charge on any atom is 0.261 e. The summed E-state index contributed by atoms with van der Waals surface area (Å²) in [6, 6.07) is 20.9. The topological polar surface area (TPSA) is 67.9 Å². The van der Waals surface area contributed by atoms with Gasteiger partial charge in [-0.1, -0.05) is 59.6 Å². The number of methoxy groups -OCH3 is 1. The largest absolute Gasteiger partial charge is 0.497 e. The standard InChI is InChI=1S/C28H30Cl2N2O4/c1-19(2)31-28(34)26(16-20-7-5-4-6-8-20)32(17-21-9-14-24(29)25(30)15-21)27(33)18-36-23-12-10-22(35-3)11-13-23/h4-15,19,26H,16-18H2,1-3H3,(H,31,34). The number of nitrogens with zero attached hydrogens (tertiary/aromatic N) is 1. The molecular formula is C28H30Cl2N2O4. The van der Waals surface area contributed by atoms with Crippen molar-refractivity contribution in [1.82, 2.24) is 10.2 Å². The summed E-state index contributed by atoms with van der Waals surface area (Å²) in [6.45, 7) is 3.68. The van der Waals surface area contributed by atoms with E-state index < -0.39 is 6.04 Å². The van der Waals surface area contributed by atoms with Gasteiger partial charge in [-0.3, -0.25) is 9.59 Å². The Morgan fingerprint density at radius 1 is 0.889 bits per heavy atom. The summed E-state index contributed by atoms with van der Waals surface area (Å²) >= 11 is 12.3. The summed E-state index contributed by atoms with van der Waals surface area (Å²) in [5, 5.41) is 3.75. The lowest BCUT2D eigenvalue weighted by Crippen LogP contribution is -2.52. The molecule has 0 aliphatic carbocycles. The van der Waals surface area contributed by atoms with E-state index >= 15 is 0 Å². The quantitative estimate of drug-likeness (QED) is 0.354. The monoisotopic (exact) mass is 528 g/mol. The zero-order valence-corrected chi connectivity index (χ0v) is 22.1. The van der Waals surface area contributed by atoms with Crippen LogP contribution in [-0.2, 0) is 22.6 Å². The number of hydrogen-bond acceptors (Lipinski definition) is 4. The second-order valence-electron chi connectivity index (χ2n) is 8.60. The molecule has 0 saturated carbocycles. The molecule has 1 atom stereocenters. The van der Waals surface area contributed by atoms with Crippen LogP contribution in [0.15, 0.2) is 72.8 Å². The molecule has 0 aliphatic heterocycles. The van der Waals surface area contributed by atoms with Gasteiger partial charge in [0.1, 0.15) is 17.5 Å². The van der Waals surface area contributed by atoms with Gasteiger partial charge in [0.2, 0.25) is 5.91 Å². The number of amides is 2. The van der Waals surface area contributed by atoms with Crippen LogP contribution in [0.1, 0.15) is 25.0 Å². The van der Waals surface area contributed by atoms with Crippen LogP contribution in [0.3, 0.4) is 0 Å². The first-order valence-corrected chi connectivity index (χ1v) is 12.4. The molecule has 0 saturated heterocycles. The van der Waals surface area contributed by atoms with Crippen LogP contribution in [0, 0.1) is 0 Å². The molecule has 0 fully saturated rings. The Balaban J connectivity index is 1.90. The lowest BCUT2D eigenvalue weighted by molar-refractivity contribution is -0.143. The Kier molecular flexibility index (Phi) is 10.0. The molecule has 3 aromatic carbocycles. The van der Waals surface area contributed by atoms with Crippen LogP contribution in [0.4, 0.5) is 0 Å². The summed E-state index contributed by atoms with van der Waals surface area (Å²) in [6.07, 6.45) is 0.342. The van der Waals surface area contributed by atoms with E-state index in [0.717, 1.165) is 11.1 Å². The lowest BCUT2D eigenvalue weighted by Gasteiger charge is -2.32. The number of hydrogen-bond donors (Lipinski definition) is 1. The molecule has 0 aromatic heterocycles. The van der Waals surface area contributed by atoms with Crippen LogP contribution < -0.4 is 14.8 Å². The first-order chi connectivity index (χ1) is 17.3. The molecule has 36 heavy (non-hydrogen) atoms. The van der Waals surface area contributed by atoms with E-state index in [1.807, 2.05) is 44.2 Å². The molecule has 3 aromatic rings. The van der Waals surface area contributed by atoms with Crippen molar-refractivity contribution in [2.45, 2.75) is 38.9 Å². The Hall–Kier alpha value is -3.22. The molecule has 6 nitrogen and oxygen atoms in total. The fourth-order valence-electron chi connectivity index (χ4n) is 3.67. The fourth-order valence-corrected chi connectivity index (χ4v) is 3.99.